The smallest absolute Gasteiger partial charge is 0.253 e. The van der Waals surface area contributed by atoms with Crippen LogP contribution >= 0.6 is 34.5 Å². The van der Waals surface area contributed by atoms with E-state index < -0.39 is 0 Å². The summed E-state index contributed by atoms with van der Waals surface area (Å²) in [6.07, 6.45) is 0. The highest BCUT2D eigenvalue weighted by Crippen LogP contribution is 2.31. The van der Waals surface area contributed by atoms with Crippen molar-refractivity contribution in [1.82, 2.24) is 5.32 Å². The van der Waals surface area contributed by atoms with E-state index in [1.165, 1.54) is 0 Å². The van der Waals surface area contributed by atoms with Crippen LogP contribution in [0.3, 0.4) is 0 Å². The van der Waals surface area contributed by atoms with E-state index in [1.54, 1.807) is 13.2 Å². The van der Waals surface area contributed by atoms with Crippen molar-refractivity contribution >= 4 is 40.4 Å². The molecule has 0 aliphatic heterocycles. The summed E-state index contributed by atoms with van der Waals surface area (Å²) in [6, 6.07) is 17.0. The van der Waals surface area contributed by atoms with E-state index >= 15 is 0 Å². The number of halogens is 2. The molecule has 0 aliphatic carbocycles. The van der Waals surface area contributed by atoms with Crippen molar-refractivity contribution in [3.63, 3.8) is 0 Å². The Morgan fingerprint density at radius 3 is 2.48 bits per heavy atom. The van der Waals surface area contributed by atoms with Gasteiger partial charge in [-0.1, -0.05) is 59.6 Å². The summed E-state index contributed by atoms with van der Waals surface area (Å²) >= 11 is 13.1. The van der Waals surface area contributed by atoms with Gasteiger partial charge in [-0.2, -0.15) is 0 Å². The molecule has 0 radical (unpaired) electrons. The molecule has 0 saturated carbocycles. The molecule has 1 N–H and O–H groups in total. The first-order valence-corrected chi connectivity index (χ1v) is 9.70. The topological polar surface area (TPSA) is 47.6 Å². The summed E-state index contributed by atoms with van der Waals surface area (Å²) in [7, 11) is 1.58. The number of ether oxygens (including phenoxy) is 2. The maximum absolute atomic E-state index is 12.2. The molecule has 3 aromatic rings. The van der Waals surface area contributed by atoms with Crippen molar-refractivity contribution in [3.05, 3.63) is 80.0 Å². The van der Waals surface area contributed by atoms with Crippen LogP contribution < -0.4 is 14.8 Å². The van der Waals surface area contributed by atoms with Gasteiger partial charge in [-0.25, -0.2) is 0 Å². The van der Waals surface area contributed by atoms with Gasteiger partial charge in [0, 0.05) is 6.54 Å². The lowest BCUT2D eigenvalue weighted by Crippen LogP contribution is -2.22. The van der Waals surface area contributed by atoms with E-state index in [9.17, 15) is 4.79 Å². The molecule has 0 aliphatic rings. The first kappa shape index (κ1) is 19.5. The number of amides is 1. The van der Waals surface area contributed by atoms with Gasteiger partial charge in [-0.15, -0.1) is 11.3 Å². The molecular weight excluding hydrogens is 405 g/mol. The Balaban J connectivity index is 1.63. The zero-order valence-electron chi connectivity index (χ0n) is 14.5. The van der Waals surface area contributed by atoms with Crippen LogP contribution in [0.4, 0.5) is 0 Å². The summed E-state index contributed by atoms with van der Waals surface area (Å²) in [5, 5.41) is 2.83. The van der Waals surface area contributed by atoms with Crippen LogP contribution in [-0.2, 0) is 13.2 Å². The second-order valence-corrected chi connectivity index (χ2v) is 7.97. The van der Waals surface area contributed by atoms with Gasteiger partial charge in [0.15, 0.2) is 11.5 Å². The Kier molecular flexibility index (Phi) is 6.61. The number of rotatable bonds is 7. The summed E-state index contributed by atoms with van der Waals surface area (Å²) in [5.74, 6) is 0.977. The second kappa shape index (κ2) is 9.13. The molecule has 0 atom stereocenters. The molecule has 140 valence electrons. The quantitative estimate of drug-likeness (QED) is 0.541. The standard InChI is InChI=1S/C20H17Cl2NO3S/c1-25-17-9-14(11-23-20(24)15-10-18(21)27-19(15)22)7-8-16(17)26-12-13-5-3-2-4-6-13/h2-10H,11-12H2,1H3,(H,23,24). The molecule has 2 aromatic carbocycles. The predicted octanol–water partition coefficient (Wildman–Crippen LogP) is 5.57. The lowest BCUT2D eigenvalue weighted by Gasteiger charge is -2.13. The van der Waals surface area contributed by atoms with E-state index in [0.29, 0.717) is 38.9 Å². The minimum Gasteiger partial charge on any atom is -0.493 e. The van der Waals surface area contributed by atoms with Gasteiger partial charge in [-0.3, -0.25) is 4.79 Å². The lowest BCUT2D eigenvalue weighted by atomic mass is 10.2. The van der Waals surface area contributed by atoms with E-state index in [2.05, 4.69) is 5.32 Å². The van der Waals surface area contributed by atoms with Crippen molar-refractivity contribution in [2.75, 3.05) is 7.11 Å². The average Bonchev–Trinajstić information content (AvgIpc) is 3.03. The van der Waals surface area contributed by atoms with Crippen LogP contribution in [0, 0.1) is 0 Å². The summed E-state index contributed by atoms with van der Waals surface area (Å²) in [6.45, 7) is 0.780. The number of methoxy groups -OCH3 is 1. The predicted molar refractivity (Wildman–Crippen MR) is 109 cm³/mol. The lowest BCUT2D eigenvalue weighted by molar-refractivity contribution is 0.0951. The summed E-state index contributed by atoms with van der Waals surface area (Å²) < 4.78 is 12.1. The van der Waals surface area contributed by atoms with Gasteiger partial charge < -0.3 is 14.8 Å². The first-order valence-electron chi connectivity index (χ1n) is 8.13. The number of nitrogens with one attached hydrogen (secondary N) is 1. The Bertz CT molecular complexity index is 928. The highest BCUT2D eigenvalue weighted by atomic mass is 35.5. The molecule has 0 bridgehead atoms. The fourth-order valence-electron chi connectivity index (χ4n) is 2.45. The van der Waals surface area contributed by atoms with Crippen molar-refractivity contribution in [1.29, 1.82) is 0 Å². The second-order valence-electron chi connectivity index (χ2n) is 5.68. The van der Waals surface area contributed by atoms with E-state index in [0.717, 1.165) is 22.5 Å². The fourth-order valence-corrected chi connectivity index (χ4v) is 3.91. The van der Waals surface area contributed by atoms with Crippen molar-refractivity contribution in [2.45, 2.75) is 13.2 Å². The van der Waals surface area contributed by atoms with Gasteiger partial charge >= 0.3 is 0 Å². The third-order valence-electron chi connectivity index (χ3n) is 3.82. The van der Waals surface area contributed by atoms with Crippen LogP contribution in [-0.4, -0.2) is 13.0 Å². The van der Waals surface area contributed by atoms with Gasteiger partial charge in [0.1, 0.15) is 10.9 Å². The number of carbonyl (C=O) groups is 1. The number of benzene rings is 2. The number of carbonyl (C=O) groups excluding carboxylic acids is 1. The molecule has 1 amide bonds. The summed E-state index contributed by atoms with van der Waals surface area (Å²) in [5.41, 5.74) is 2.33. The molecule has 7 heteroatoms. The van der Waals surface area contributed by atoms with Gasteiger partial charge in [0.25, 0.3) is 5.91 Å². The largest absolute Gasteiger partial charge is 0.493 e. The van der Waals surface area contributed by atoms with Crippen molar-refractivity contribution < 1.29 is 14.3 Å². The molecule has 4 nitrogen and oxygen atoms in total. The Hall–Kier alpha value is -2.21. The van der Waals surface area contributed by atoms with E-state index in [1.807, 2.05) is 48.5 Å². The van der Waals surface area contributed by atoms with Gasteiger partial charge in [0.05, 0.1) is 17.0 Å². The van der Waals surface area contributed by atoms with E-state index in [4.69, 9.17) is 32.7 Å². The third kappa shape index (κ3) is 5.16. The minimum absolute atomic E-state index is 0.272. The van der Waals surface area contributed by atoms with Crippen LogP contribution in [0.15, 0.2) is 54.6 Å². The minimum atomic E-state index is -0.272. The Labute approximate surface area is 171 Å². The van der Waals surface area contributed by atoms with Crippen LogP contribution in [0.2, 0.25) is 8.67 Å². The molecule has 1 aromatic heterocycles. The van der Waals surface area contributed by atoms with Crippen LogP contribution in [0.25, 0.3) is 0 Å². The number of hydrogen-bond donors (Lipinski definition) is 1. The molecule has 0 spiro atoms. The highest BCUT2D eigenvalue weighted by molar-refractivity contribution is 7.20. The highest BCUT2D eigenvalue weighted by Gasteiger charge is 2.14. The first-order chi connectivity index (χ1) is 13.1. The number of thiophene rings is 1. The third-order valence-corrected chi connectivity index (χ3v) is 5.31. The molecule has 27 heavy (non-hydrogen) atoms. The molecule has 0 saturated heterocycles. The fraction of sp³-hybridized carbons (Fsp3) is 0.150. The zero-order chi connectivity index (χ0) is 19.2. The van der Waals surface area contributed by atoms with Gasteiger partial charge in [0.2, 0.25) is 0 Å². The Morgan fingerprint density at radius 1 is 1.04 bits per heavy atom. The molecular formula is C20H17Cl2NO3S. The summed E-state index contributed by atoms with van der Waals surface area (Å²) in [4.78, 5) is 12.2. The monoisotopic (exact) mass is 421 g/mol. The van der Waals surface area contributed by atoms with Crippen LogP contribution in [0.5, 0.6) is 11.5 Å². The van der Waals surface area contributed by atoms with E-state index in [-0.39, 0.29) is 5.91 Å². The SMILES string of the molecule is COc1cc(CNC(=O)c2cc(Cl)sc2Cl)ccc1OCc1ccccc1. The normalized spacial score (nSPS) is 10.5. The molecule has 0 fully saturated rings. The number of hydrogen-bond acceptors (Lipinski definition) is 4. The van der Waals surface area contributed by atoms with Crippen molar-refractivity contribution in [3.8, 4) is 11.5 Å². The van der Waals surface area contributed by atoms with Crippen LogP contribution in [0.1, 0.15) is 21.5 Å². The average molecular weight is 422 g/mol. The Morgan fingerprint density at radius 2 is 1.81 bits per heavy atom. The van der Waals surface area contributed by atoms with Crippen molar-refractivity contribution in [2.24, 2.45) is 0 Å². The molecule has 0 unspecified atom stereocenters. The van der Waals surface area contributed by atoms with Gasteiger partial charge in [-0.05, 0) is 29.3 Å². The molecule has 3 rings (SSSR count). The molecule has 1 heterocycles. The maximum Gasteiger partial charge on any atom is 0.253 e. The zero-order valence-corrected chi connectivity index (χ0v) is 16.8. The maximum atomic E-state index is 12.2.